The van der Waals surface area contributed by atoms with Gasteiger partial charge in [-0.05, 0) is 25.8 Å². The van der Waals surface area contributed by atoms with E-state index >= 15 is 0 Å². The first-order valence-electron chi connectivity index (χ1n) is 7.23. The Labute approximate surface area is 127 Å². The van der Waals surface area contributed by atoms with Gasteiger partial charge in [-0.15, -0.1) is 0 Å². The monoisotopic (exact) mass is 306 g/mol. The summed E-state index contributed by atoms with van der Waals surface area (Å²) in [5.41, 5.74) is -0.146. The van der Waals surface area contributed by atoms with Gasteiger partial charge in [0.2, 0.25) is 0 Å². The second-order valence-electron chi connectivity index (χ2n) is 5.34. The second-order valence-corrected chi connectivity index (χ2v) is 5.34. The lowest BCUT2D eigenvalue weighted by molar-refractivity contribution is -0.384. The van der Waals surface area contributed by atoms with Gasteiger partial charge in [0.15, 0.2) is 6.10 Å². The molecule has 7 heteroatoms. The smallest absolute Gasteiger partial charge is 0.339 e. The summed E-state index contributed by atoms with van der Waals surface area (Å²) in [5.74, 6) is -1.09. The number of non-ortho nitro benzene ring substituents is 1. The first kappa shape index (κ1) is 15.9. The highest BCUT2D eigenvalue weighted by molar-refractivity contribution is 5.92. The molecule has 1 aliphatic carbocycles. The predicted octanol–water partition coefficient (Wildman–Crippen LogP) is 2.20. The lowest BCUT2D eigenvalue weighted by atomic mass is 10.2. The molecule has 0 spiro atoms. The van der Waals surface area contributed by atoms with Crippen LogP contribution >= 0.6 is 0 Å². The van der Waals surface area contributed by atoms with Gasteiger partial charge in [0, 0.05) is 18.2 Å². The summed E-state index contributed by atoms with van der Waals surface area (Å²) in [5, 5.41) is 13.5. The van der Waals surface area contributed by atoms with Gasteiger partial charge in [-0.1, -0.05) is 18.9 Å². The fourth-order valence-corrected chi connectivity index (χ4v) is 2.42. The minimum atomic E-state index is -0.938. The largest absolute Gasteiger partial charge is 0.449 e. The second kappa shape index (κ2) is 7.02. The van der Waals surface area contributed by atoms with Gasteiger partial charge in [-0.2, -0.15) is 0 Å². The van der Waals surface area contributed by atoms with Gasteiger partial charge in [0.1, 0.15) is 0 Å². The van der Waals surface area contributed by atoms with Gasteiger partial charge in [0.05, 0.1) is 10.5 Å². The summed E-state index contributed by atoms with van der Waals surface area (Å²) in [6.07, 6.45) is 3.13. The number of ether oxygens (including phenoxy) is 1. The van der Waals surface area contributed by atoms with Crippen molar-refractivity contribution in [3.63, 3.8) is 0 Å². The Balaban J connectivity index is 1.94. The lowest BCUT2D eigenvalue weighted by Crippen LogP contribution is -2.40. The molecule has 7 nitrogen and oxygen atoms in total. The molecule has 1 amide bonds. The quantitative estimate of drug-likeness (QED) is 0.511. The molecule has 1 unspecified atom stereocenters. The molecule has 0 saturated heterocycles. The zero-order chi connectivity index (χ0) is 16.1. The molecule has 0 aliphatic heterocycles. The van der Waals surface area contributed by atoms with E-state index in [9.17, 15) is 19.7 Å². The molecule has 0 bridgehead atoms. The Bertz CT molecular complexity index is 581. The van der Waals surface area contributed by atoms with E-state index in [4.69, 9.17) is 4.74 Å². The fraction of sp³-hybridized carbons (Fsp3) is 0.467. The van der Waals surface area contributed by atoms with Crippen LogP contribution in [0.1, 0.15) is 43.0 Å². The molecular weight excluding hydrogens is 288 g/mol. The third-order valence-corrected chi connectivity index (χ3v) is 3.65. The van der Waals surface area contributed by atoms with Crippen molar-refractivity contribution in [3.8, 4) is 0 Å². The van der Waals surface area contributed by atoms with Crippen molar-refractivity contribution in [2.75, 3.05) is 0 Å². The lowest BCUT2D eigenvalue weighted by Gasteiger charge is -2.17. The first-order valence-corrected chi connectivity index (χ1v) is 7.23. The number of carbonyl (C=O) groups is 2. The topological polar surface area (TPSA) is 98.5 Å². The molecule has 118 valence electrons. The Morgan fingerprint density at radius 1 is 1.36 bits per heavy atom. The van der Waals surface area contributed by atoms with Crippen LogP contribution < -0.4 is 5.32 Å². The number of rotatable bonds is 5. The van der Waals surface area contributed by atoms with Crippen LogP contribution in [0.4, 0.5) is 5.69 Å². The molecule has 1 saturated carbocycles. The first-order chi connectivity index (χ1) is 10.5. The molecule has 1 fully saturated rings. The zero-order valence-electron chi connectivity index (χ0n) is 12.3. The maximum absolute atomic E-state index is 11.9. The van der Waals surface area contributed by atoms with Gasteiger partial charge >= 0.3 is 5.97 Å². The van der Waals surface area contributed by atoms with E-state index in [0.717, 1.165) is 31.7 Å². The van der Waals surface area contributed by atoms with Crippen LogP contribution in [-0.4, -0.2) is 28.9 Å². The Morgan fingerprint density at radius 3 is 2.68 bits per heavy atom. The Hall–Kier alpha value is -2.44. The van der Waals surface area contributed by atoms with E-state index in [1.807, 2.05) is 0 Å². The predicted molar refractivity (Wildman–Crippen MR) is 78.4 cm³/mol. The SMILES string of the molecule is CC(OC(=O)c1cccc([N+](=O)[O-])c1)C(=O)NC1CCCC1. The number of nitrogens with zero attached hydrogens (tertiary/aromatic N) is 1. The highest BCUT2D eigenvalue weighted by atomic mass is 16.6. The number of amides is 1. The normalized spacial score (nSPS) is 16.0. The molecule has 1 aromatic carbocycles. The average Bonchev–Trinajstić information content (AvgIpc) is 3.00. The van der Waals surface area contributed by atoms with Crippen molar-refractivity contribution in [2.24, 2.45) is 0 Å². The Kier molecular flexibility index (Phi) is 5.08. The van der Waals surface area contributed by atoms with Crippen LogP contribution in [0.2, 0.25) is 0 Å². The molecule has 1 aliphatic rings. The number of nitro groups is 1. The maximum Gasteiger partial charge on any atom is 0.339 e. The molecule has 1 atom stereocenters. The summed E-state index contributed by atoms with van der Waals surface area (Å²) < 4.78 is 5.07. The molecule has 1 N–H and O–H groups in total. The minimum Gasteiger partial charge on any atom is -0.449 e. The van der Waals surface area contributed by atoms with Crippen molar-refractivity contribution >= 4 is 17.6 Å². The van der Waals surface area contributed by atoms with Crippen LogP contribution in [0.5, 0.6) is 0 Å². The van der Waals surface area contributed by atoms with Crippen molar-refractivity contribution in [3.05, 3.63) is 39.9 Å². The highest BCUT2D eigenvalue weighted by Crippen LogP contribution is 2.18. The van der Waals surface area contributed by atoms with Gasteiger partial charge in [-0.3, -0.25) is 14.9 Å². The molecule has 0 aromatic heterocycles. The van der Waals surface area contributed by atoms with Crippen molar-refractivity contribution in [1.82, 2.24) is 5.32 Å². The molecule has 0 radical (unpaired) electrons. The third kappa shape index (κ3) is 4.03. The Morgan fingerprint density at radius 2 is 2.05 bits per heavy atom. The van der Waals surface area contributed by atoms with Crippen LogP contribution in [0, 0.1) is 10.1 Å². The standard InChI is InChI=1S/C15H18N2O5/c1-10(14(18)16-12-6-2-3-7-12)22-15(19)11-5-4-8-13(9-11)17(20)21/h4-5,8-10,12H,2-3,6-7H2,1H3,(H,16,18). The summed E-state index contributed by atoms with van der Waals surface area (Å²) in [7, 11) is 0. The van der Waals surface area contributed by atoms with Crippen molar-refractivity contribution in [1.29, 1.82) is 0 Å². The summed E-state index contributed by atoms with van der Waals surface area (Å²) in [4.78, 5) is 34.0. The molecular formula is C15H18N2O5. The number of carbonyl (C=O) groups excluding carboxylic acids is 2. The summed E-state index contributed by atoms with van der Waals surface area (Å²) >= 11 is 0. The van der Waals surface area contributed by atoms with Crippen molar-refractivity contribution < 1.29 is 19.2 Å². The van der Waals surface area contributed by atoms with Gasteiger partial charge < -0.3 is 10.1 Å². The highest BCUT2D eigenvalue weighted by Gasteiger charge is 2.24. The molecule has 1 aromatic rings. The molecule has 0 heterocycles. The van der Waals surface area contributed by atoms with Gasteiger partial charge in [0.25, 0.3) is 11.6 Å². The van der Waals surface area contributed by atoms with Crippen LogP contribution in [0.25, 0.3) is 0 Å². The molecule has 22 heavy (non-hydrogen) atoms. The number of benzene rings is 1. The minimum absolute atomic E-state index is 0.0507. The average molecular weight is 306 g/mol. The van der Waals surface area contributed by atoms with E-state index in [2.05, 4.69) is 5.32 Å². The summed E-state index contributed by atoms with van der Waals surface area (Å²) in [6.45, 7) is 1.49. The van der Waals surface area contributed by atoms with Crippen LogP contribution in [0.3, 0.4) is 0 Å². The van der Waals surface area contributed by atoms with E-state index in [0.29, 0.717) is 0 Å². The van der Waals surface area contributed by atoms with Gasteiger partial charge in [-0.25, -0.2) is 4.79 Å². The number of hydrogen-bond donors (Lipinski definition) is 1. The number of nitrogens with one attached hydrogen (secondary N) is 1. The molecule has 2 rings (SSSR count). The third-order valence-electron chi connectivity index (χ3n) is 3.65. The van der Waals surface area contributed by atoms with Crippen LogP contribution in [-0.2, 0) is 9.53 Å². The number of hydrogen-bond acceptors (Lipinski definition) is 5. The fourth-order valence-electron chi connectivity index (χ4n) is 2.42. The van der Waals surface area contributed by atoms with Crippen LogP contribution in [0.15, 0.2) is 24.3 Å². The zero-order valence-corrected chi connectivity index (χ0v) is 12.3. The maximum atomic E-state index is 11.9. The van der Waals surface area contributed by atoms with E-state index < -0.39 is 17.0 Å². The van der Waals surface area contributed by atoms with E-state index in [1.165, 1.54) is 25.1 Å². The summed E-state index contributed by atoms with van der Waals surface area (Å²) in [6, 6.07) is 5.37. The van der Waals surface area contributed by atoms with Crippen molar-refractivity contribution in [2.45, 2.75) is 44.8 Å². The van der Waals surface area contributed by atoms with E-state index in [-0.39, 0.29) is 23.2 Å². The number of nitro benzene ring substituents is 1. The van der Waals surface area contributed by atoms with E-state index in [1.54, 1.807) is 0 Å². The number of esters is 1.